The molecule has 6 aromatic rings. The number of aromatic nitrogens is 2. The molecule has 9 heteroatoms. The largest absolute Gasteiger partial charge is 0.489 e. The number of aryl methyl sites for hydroxylation is 1. The molecule has 3 N–H and O–H groups in total. The Kier molecular flexibility index (Phi) is 6.24. The van der Waals surface area contributed by atoms with Gasteiger partial charge in [0.1, 0.15) is 17.0 Å². The van der Waals surface area contributed by atoms with Gasteiger partial charge in [-0.05, 0) is 68.3 Å². The van der Waals surface area contributed by atoms with Crippen LogP contribution >= 0.6 is 11.6 Å². The van der Waals surface area contributed by atoms with Crippen molar-refractivity contribution in [2.75, 3.05) is 22.6 Å². The van der Waals surface area contributed by atoms with Crippen molar-refractivity contribution in [3.8, 4) is 5.75 Å². The molecule has 7 rings (SSSR count). The van der Waals surface area contributed by atoms with E-state index in [4.69, 9.17) is 20.8 Å². The number of nitrogens with one attached hydrogen (secondary N) is 3. The van der Waals surface area contributed by atoms with Gasteiger partial charge in [0.15, 0.2) is 5.76 Å². The number of furan rings is 1. The Labute approximate surface area is 246 Å². The summed E-state index contributed by atoms with van der Waals surface area (Å²) in [5, 5.41) is 5.62. The number of alkyl halides is 1. The molecule has 0 aliphatic carbocycles. The molecule has 1 aliphatic heterocycles. The molecular formula is C33H29ClN4O4. The number of H-pyrrole nitrogens is 2. The molecule has 4 heterocycles. The highest BCUT2D eigenvalue weighted by Gasteiger charge is 2.36. The third-order valence-electron chi connectivity index (χ3n) is 7.79. The first kappa shape index (κ1) is 26.2. The molecule has 0 spiro atoms. The molecule has 0 saturated carbocycles. The summed E-state index contributed by atoms with van der Waals surface area (Å²) in [4.78, 5) is 35.3. The van der Waals surface area contributed by atoms with E-state index in [1.54, 1.807) is 17.0 Å². The van der Waals surface area contributed by atoms with Gasteiger partial charge in [0, 0.05) is 58.0 Å². The fourth-order valence-electron chi connectivity index (χ4n) is 5.93. The molecule has 212 valence electrons. The first-order valence-electron chi connectivity index (χ1n) is 13.9. The molecule has 0 fully saturated rings. The Bertz CT molecular complexity index is 1980. The van der Waals surface area contributed by atoms with Crippen molar-refractivity contribution in [2.45, 2.75) is 32.8 Å². The summed E-state index contributed by atoms with van der Waals surface area (Å²) >= 11 is 6.46. The zero-order valence-corrected chi connectivity index (χ0v) is 24.1. The van der Waals surface area contributed by atoms with Gasteiger partial charge >= 0.3 is 0 Å². The van der Waals surface area contributed by atoms with Crippen LogP contribution in [0.15, 0.2) is 71.3 Å². The van der Waals surface area contributed by atoms with E-state index in [-0.39, 0.29) is 29.6 Å². The highest BCUT2D eigenvalue weighted by Crippen LogP contribution is 2.47. The van der Waals surface area contributed by atoms with Crippen molar-refractivity contribution in [3.63, 3.8) is 0 Å². The first-order chi connectivity index (χ1) is 20.3. The average Bonchev–Trinajstić information content (AvgIpc) is 3.75. The van der Waals surface area contributed by atoms with Crippen molar-refractivity contribution in [1.82, 2.24) is 9.97 Å². The van der Waals surface area contributed by atoms with E-state index in [0.29, 0.717) is 35.1 Å². The van der Waals surface area contributed by atoms with Crippen LogP contribution in [-0.4, -0.2) is 40.3 Å². The number of amides is 2. The third-order valence-corrected chi connectivity index (χ3v) is 8.16. The Morgan fingerprint density at radius 1 is 1.12 bits per heavy atom. The summed E-state index contributed by atoms with van der Waals surface area (Å²) in [6, 6.07) is 18.4. The van der Waals surface area contributed by atoms with E-state index in [1.807, 2.05) is 68.6 Å². The standard InChI is InChI=1S/C33H29ClN4O4/c1-17(2)41-27-13-25-30(29-18(3)15-35-31(27)29)21(14-34)16-38(25)33(40)24-11-20-10-22(8-9-23(20)37-24)36-32(39)28-12-19-6-4-5-7-26(19)42-28/h4-13,15,17,21,35,37H,14,16H2,1-3H3,(H,36,39). The van der Waals surface area contributed by atoms with Gasteiger partial charge in [-0.15, -0.1) is 11.6 Å². The summed E-state index contributed by atoms with van der Waals surface area (Å²) in [6.07, 6.45) is 1.94. The van der Waals surface area contributed by atoms with Crippen LogP contribution in [0.1, 0.15) is 51.9 Å². The van der Waals surface area contributed by atoms with Crippen molar-refractivity contribution in [3.05, 3.63) is 89.4 Å². The highest BCUT2D eigenvalue weighted by molar-refractivity contribution is 6.19. The third kappa shape index (κ3) is 4.30. The molecule has 3 aromatic carbocycles. The highest BCUT2D eigenvalue weighted by atomic mass is 35.5. The quantitative estimate of drug-likeness (QED) is 0.175. The Morgan fingerprint density at radius 2 is 1.95 bits per heavy atom. The Morgan fingerprint density at radius 3 is 2.74 bits per heavy atom. The second-order valence-corrected chi connectivity index (χ2v) is 11.4. The zero-order chi connectivity index (χ0) is 29.1. The number of halogens is 1. The minimum atomic E-state index is -0.344. The lowest BCUT2D eigenvalue weighted by Crippen LogP contribution is -2.30. The van der Waals surface area contributed by atoms with Gasteiger partial charge in [-0.1, -0.05) is 18.2 Å². The van der Waals surface area contributed by atoms with Crippen molar-refractivity contribution < 1.29 is 18.7 Å². The molecule has 2 amide bonds. The summed E-state index contributed by atoms with van der Waals surface area (Å²) in [6.45, 7) is 6.49. The smallest absolute Gasteiger partial charge is 0.291 e. The van der Waals surface area contributed by atoms with E-state index in [9.17, 15) is 9.59 Å². The molecular weight excluding hydrogens is 552 g/mol. The number of aromatic amines is 2. The number of anilines is 2. The van der Waals surface area contributed by atoms with Crippen LogP contribution in [0.25, 0.3) is 32.8 Å². The van der Waals surface area contributed by atoms with Gasteiger partial charge < -0.3 is 29.3 Å². The number of para-hydroxylation sites is 1. The number of nitrogens with zero attached hydrogens (tertiary/aromatic N) is 1. The van der Waals surface area contributed by atoms with Gasteiger partial charge in [0.25, 0.3) is 11.8 Å². The van der Waals surface area contributed by atoms with Crippen molar-refractivity contribution in [1.29, 1.82) is 0 Å². The van der Waals surface area contributed by atoms with Gasteiger partial charge in [-0.2, -0.15) is 0 Å². The average molecular weight is 581 g/mol. The Hall–Kier alpha value is -4.69. The predicted molar refractivity (Wildman–Crippen MR) is 166 cm³/mol. The van der Waals surface area contributed by atoms with Crippen LogP contribution in [0.3, 0.4) is 0 Å². The fourth-order valence-corrected chi connectivity index (χ4v) is 6.19. The van der Waals surface area contributed by atoms with E-state index in [2.05, 4.69) is 22.2 Å². The number of rotatable bonds is 6. The maximum atomic E-state index is 14.0. The van der Waals surface area contributed by atoms with Crippen LogP contribution < -0.4 is 15.0 Å². The predicted octanol–water partition coefficient (Wildman–Crippen LogP) is 7.73. The molecule has 8 nitrogen and oxygen atoms in total. The molecule has 0 saturated heterocycles. The summed E-state index contributed by atoms with van der Waals surface area (Å²) in [5.41, 5.74) is 6.37. The number of fused-ring (bicyclic) bond motifs is 5. The van der Waals surface area contributed by atoms with Gasteiger partial charge in [-0.25, -0.2) is 0 Å². The Balaban J connectivity index is 1.20. The molecule has 0 radical (unpaired) electrons. The molecule has 42 heavy (non-hydrogen) atoms. The number of benzene rings is 3. The number of carbonyl (C=O) groups excluding carboxylic acids is 2. The summed E-state index contributed by atoms with van der Waals surface area (Å²) < 4.78 is 11.9. The lowest BCUT2D eigenvalue weighted by atomic mass is 9.96. The summed E-state index contributed by atoms with van der Waals surface area (Å²) in [5.74, 6) is 0.818. The van der Waals surface area contributed by atoms with Crippen LogP contribution in [-0.2, 0) is 0 Å². The van der Waals surface area contributed by atoms with E-state index in [1.165, 1.54) is 0 Å². The monoisotopic (exact) mass is 580 g/mol. The topological polar surface area (TPSA) is 103 Å². The number of carbonyl (C=O) groups is 2. The second kappa shape index (κ2) is 9.99. The maximum Gasteiger partial charge on any atom is 0.291 e. The number of hydrogen-bond donors (Lipinski definition) is 3. The van der Waals surface area contributed by atoms with E-state index >= 15 is 0 Å². The van der Waals surface area contributed by atoms with E-state index < -0.39 is 0 Å². The van der Waals surface area contributed by atoms with Gasteiger partial charge in [0.05, 0.1) is 17.3 Å². The lowest BCUT2D eigenvalue weighted by Gasteiger charge is -2.19. The van der Waals surface area contributed by atoms with Gasteiger partial charge in [0.2, 0.25) is 0 Å². The fraction of sp³-hybridized carbons (Fsp3) is 0.212. The SMILES string of the molecule is Cc1c[nH]c2c(OC(C)C)cc3c(c12)C(CCl)CN3C(=O)c1cc2cc(NC(=O)c3cc4ccccc4o3)ccc2[nH]1. The van der Waals surface area contributed by atoms with Crippen LogP contribution in [0, 0.1) is 6.92 Å². The van der Waals surface area contributed by atoms with Crippen molar-refractivity contribution in [2.24, 2.45) is 0 Å². The second-order valence-electron chi connectivity index (χ2n) is 11.1. The molecule has 0 bridgehead atoms. The zero-order valence-electron chi connectivity index (χ0n) is 23.4. The normalized spacial score (nSPS) is 14.8. The molecule has 3 aromatic heterocycles. The van der Waals surface area contributed by atoms with Crippen molar-refractivity contribution >= 4 is 67.6 Å². The van der Waals surface area contributed by atoms with Crippen LogP contribution in [0.4, 0.5) is 11.4 Å². The van der Waals surface area contributed by atoms with E-state index in [0.717, 1.165) is 44.0 Å². The van der Waals surface area contributed by atoms with Crippen LogP contribution in [0.2, 0.25) is 0 Å². The molecule has 1 atom stereocenters. The maximum absolute atomic E-state index is 14.0. The lowest BCUT2D eigenvalue weighted by molar-refractivity contribution is 0.0981. The minimum absolute atomic E-state index is 0.0137. The van der Waals surface area contributed by atoms with Gasteiger partial charge in [-0.3, -0.25) is 9.59 Å². The first-order valence-corrected chi connectivity index (χ1v) is 14.5. The van der Waals surface area contributed by atoms with Crippen LogP contribution in [0.5, 0.6) is 5.75 Å². The molecule has 1 unspecified atom stereocenters. The summed E-state index contributed by atoms with van der Waals surface area (Å²) in [7, 11) is 0. The minimum Gasteiger partial charge on any atom is -0.489 e. The molecule has 1 aliphatic rings. The number of ether oxygens (including phenoxy) is 1. The number of hydrogen-bond acceptors (Lipinski definition) is 4.